The van der Waals surface area contributed by atoms with Crippen molar-refractivity contribution in [3.8, 4) is 0 Å². The summed E-state index contributed by atoms with van der Waals surface area (Å²) in [5.41, 5.74) is 8.03. The fourth-order valence-corrected chi connectivity index (χ4v) is 3.33. The van der Waals surface area contributed by atoms with Gasteiger partial charge >= 0.3 is 0 Å². The highest BCUT2D eigenvalue weighted by Crippen LogP contribution is 2.23. The molecule has 0 saturated carbocycles. The van der Waals surface area contributed by atoms with Crippen LogP contribution in [-0.4, -0.2) is 20.7 Å². The molecular formula is C19H19N3O2S. The van der Waals surface area contributed by atoms with E-state index >= 15 is 0 Å². The lowest BCUT2D eigenvalue weighted by Crippen LogP contribution is -2.27. The molecule has 1 atom stereocenters. The molecule has 3 rings (SSSR count). The van der Waals surface area contributed by atoms with Gasteiger partial charge in [0.2, 0.25) is 5.91 Å². The van der Waals surface area contributed by atoms with E-state index in [-0.39, 0.29) is 5.56 Å². The summed E-state index contributed by atoms with van der Waals surface area (Å²) in [6.07, 6.45) is 0. The zero-order chi connectivity index (χ0) is 18.0. The number of benzene rings is 2. The number of carbonyl (C=O) groups is 1. The molecule has 0 radical (unpaired) electrons. The van der Waals surface area contributed by atoms with Gasteiger partial charge < -0.3 is 5.73 Å². The maximum Gasteiger partial charge on any atom is 0.262 e. The molecule has 6 heteroatoms. The van der Waals surface area contributed by atoms with E-state index in [4.69, 9.17) is 5.73 Å². The molecule has 2 N–H and O–H groups in total. The Hall–Kier alpha value is -2.60. The van der Waals surface area contributed by atoms with E-state index in [0.717, 1.165) is 11.1 Å². The normalized spacial score (nSPS) is 12.2. The minimum Gasteiger partial charge on any atom is -0.369 e. The van der Waals surface area contributed by atoms with Crippen molar-refractivity contribution in [1.29, 1.82) is 0 Å². The number of nitrogens with two attached hydrogens (primary N) is 1. The molecule has 0 aliphatic heterocycles. The molecule has 1 aromatic heterocycles. The summed E-state index contributed by atoms with van der Waals surface area (Å²) in [4.78, 5) is 29.0. The molecule has 0 spiro atoms. The van der Waals surface area contributed by atoms with Gasteiger partial charge in [0.1, 0.15) is 0 Å². The Morgan fingerprint density at radius 3 is 2.56 bits per heavy atom. The maximum absolute atomic E-state index is 13.0. The predicted octanol–water partition coefficient (Wildman–Crippen LogP) is 2.72. The van der Waals surface area contributed by atoms with Gasteiger partial charge in [-0.05, 0) is 31.5 Å². The zero-order valence-electron chi connectivity index (χ0n) is 14.1. The van der Waals surface area contributed by atoms with E-state index in [0.29, 0.717) is 22.6 Å². The van der Waals surface area contributed by atoms with Gasteiger partial charge in [-0.2, -0.15) is 0 Å². The highest BCUT2D eigenvalue weighted by molar-refractivity contribution is 8.00. The highest BCUT2D eigenvalue weighted by atomic mass is 32.2. The smallest absolute Gasteiger partial charge is 0.262 e. The number of nitrogens with zero attached hydrogens (tertiary/aromatic N) is 2. The minimum atomic E-state index is -0.475. The summed E-state index contributed by atoms with van der Waals surface area (Å²) < 4.78 is 1.61. The lowest BCUT2D eigenvalue weighted by atomic mass is 10.1. The second-order valence-corrected chi connectivity index (χ2v) is 7.26. The average Bonchev–Trinajstić information content (AvgIpc) is 2.60. The quantitative estimate of drug-likeness (QED) is 0.565. The molecule has 128 valence electrons. The van der Waals surface area contributed by atoms with Crippen LogP contribution in [-0.2, 0) is 11.3 Å². The van der Waals surface area contributed by atoms with E-state index in [2.05, 4.69) is 4.98 Å². The molecule has 1 heterocycles. The third kappa shape index (κ3) is 3.74. The number of fused-ring (bicyclic) bond motifs is 1. The summed E-state index contributed by atoms with van der Waals surface area (Å²) in [6.45, 7) is 4.12. The van der Waals surface area contributed by atoms with Crippen molar-refractivity contribution in [2.45, 2.75) is 30.8 Å². The lowest BCUT2D eigenvalue weighted by Gasteiger charge is -2.15. The molecule has 25 heavy (non-hydrogen) atoms. The average molecular weight is 353 g/mol. The fraction of sp³-hybridized carbons (Fsp3) is 0.211. The molecule has 0 aliphatic rings. The maximum atomic E-state index is 13.0. The van der Waals surface area contributed by atoms with Crippen LogP contribution >= 0.6 is 11.8 Å². The van der Waals surface area contributed by atoms with E-state index in [1.165, 1.54) is 11.8 Å². The van der Waals surface area contributed by atoms with E-state index in [1.54, 1.807) is 23.6 Å². The summed E-state index contributed by atoms with van der Waals surface area (Å²) in [5, 5.41) is 0.582. The van der Waals surface area contributed by atoms with Crippen LogP contribution in [0.5, 0.6) is 0 Å². The van der Waals surface area contributed by atoms with Crippen LogP contribution in [0.4, 0.5) is 0 Å². The van der Waals surface area contributed by atoms with Crippen molar-refractivity contribution in [1.82, 2.24) is 9.55 Å². The highest BCUT2D eigenvalue weighted by Gasteiger charge is 2.17. The third-order valence-corrected chi connectivity index (χ3v) is 5.08. The van der Waals surface area contributed by atoms with Gasteiger partial charge in [0, 0.05) is 0 Å². The first-order valence-electron chi connectivity index (χ1n) is 7.97. The second kappa shape index (κ2) is 7.11. The number of aryl methyl sites for hydroxylation is 1. The van der Waals surface area contributed by atoms with Crippen LogP contribution in [0.3, 0.4) is 0 Å². The van der Waals surface area contributed by atoms with Crippen LogP contribution in [0.15, 0.2) is 58.5 Å². The number of carbonyl (C=O) groups excluding carboxylic acids is 1. The van der Waals surface area contributed by atoms with Crippen molar-refractivity contribution in [3.63, 3.8) is 0 Å². The number of thioether (sulfide) groups is 1. The monoisotopic (exact) mass is 353 g/mol. The van der Waals surface area contributed by atoms with Crippen molar-refractivity contribution in [2.75, 3.05) is 0 Å². The number of rotatable bonds is 5. The van der Waals surface area contributed by atoms with Crippen molar-refractivity contribution in [3.05, 3.63) is 70.0 Å². The summed E-state index contributed by atoms with van der Waals surface area (Å²) in [6, 6.07) is 15.2. The van der Waals surface area contributed by atoms with Crippen LogP contribution in [0, 0.1) is 6.92 Å². The van der Waals surface area contributed by atoms with E-state index < -0.39 is 11.2 Å². The predicted molar refractivity (Wildman–Crippen MR) is 101 cm³/mol. The zero-order valence-corrected chi connectivity index (χ0v) is 14.9. The van der Waals surface area contributed by atoms with Gasteiger partial charge in [-0.1, -0.05) is 53.7 Å². The molecule has 3 aromatic rings. The van der Waals surface area contributed by atoms with Gasteiger partial charge in [-0.25, -0.2) is 4.98 Å². The van der Waals surface area contributed by atoms with Gasteiger partial charge in [0.05, 0.1) is 22.7 Å². The summed E-state index contributed by atoms with van der Waals surface area (Å²) in [5.74, 6) is -0.436. The third-order valence-electron chi connectivity index (χ3n) is 3.97. The van der Waals surface area contributed by atoms with Crippen molar-refractivity contribution >= 4 is 28.6 Å². The fourth-order valence-electron chi connectivity index (χ4n) is 2.47. The Labute approximate surface area is 149 Å². The van der Waals surface area contributed by atoms with Gasteiger partial charge in [0.15, 0.2) is 5.16 Å². The first-order valence-corrected chi connectivity index (χ1v) is 8.85. The molecule has 0 saturated heterocycles. The molecule has 0 fully saturated rings. The molecule has 2 aromatic carbocycles. The molecule has 5 nitrogen and oxygen atoms in total. The summed E-state index contributed by atoms with van der Waals surface area (Å²) >= 11 is 1.21. The largest absolute Gasteiger partial charge is 0.369 e. The standard InChI is InChI=1S/C19H19N3O2S/c1-12-7-9-14(10-8-12)11-22-18(24)15-5-3-4-6-16(15)21-19(22)25-13(2)17(20)23/h3-10,13H,11H2,1-2H3,(H2,20,23)/t13-/m0/s1. The van der Waals surface area contributed by atoms with Crippen LogP contribution < -0.4 is 11.3 Å². The second-order valence-electron chi connectivity index (χ2n) is 5.95. The Morgan fingerprint density at radius 1 is 1.20 bits per heavy atom. The van der Waals surface area contributed by atoms with Gasteiger partial charge in [0.25, 0.3) is 5.56 Å². The van der Waals surface area contributed by atoms with Crippen molar-refractivity contribution in [2.24, 2.45) is 5.73 Å². The van der Waals surface area contributed by atoms with Gasteiger partial charge in [-0.15, -0.1) is 0 Å². The van der Waals surface area contributed by atoms with Crippen molar-refractivity contribution < 1.29 is 4.79 Å². The summed E-state index contributed by atoms with van der Waals surface area (Å²) in [7, 11) is 0. The van der Waals surface area contributed by atoms with E-state index in [9.17, 15) is 9.59 Å². The van der Waals surface area contributed by atoms with Gasteiger partial charge in [-0.3, -0.25) is 14.2 Å². The topological polar surface area (TPSA) is 78.0 Å². The minimum absolute atomic E-state index is 0.120. The first-order chi connectivity index (χ1) is 12.0. The number of hydrogen-bond acceptors (Lipinski definition) is 4. The molecule has 1 amide bonds. The van der Waals surface area contributed by atoms with Crippen LogP contribution in [0.2, 0.25) is 0 Å². The molecular weight excluding hydrogens is 334 g/mol. The SMILES string of the molecule is Cc1ccc(Cn2c(S[C@@H](C)C(N)=O)nc3ccccc3c2=O)cc1. The Bertz CT molecular complexity index is 980. The number of aromatic nitrogens is 2. The number of primary amides is 1. The number of para-hydroxylation sites is 1. The number of hydrogen-bond donors (Lipinski definition) is 1. The molecule has 0 unspecified atom stereocenters. The van der Waals surface area contributed by atoms with E-state index in [1.807, 2.05) is 43.3 Å². The Kier molecular flexibility index (Phi) is 4.90. The Morgan fingerprint density at radius 2 is 1.88 bits per heavy atom. The van der Waals surface area contributed by atoms with Crippen LogP contribution in [0.25, 0.3) is 10.9 Å². The Balaban J connectivity index is 2.12. The number of amides is 1. The molecule has 0 bridgehead atoms. The lowest BCUT2D eigenvalue weighted by molar-refractivity contribution is -0.117. The first kappa shape index (κ1) is 17.2. The molecule has 0 aliphatic carbocycles. The van der Waals surface area contributed by atoms with Crippen LogP contribution in [0.1, 0.15) is 18.1 Å².